The minimum Gasteiger partial charge on any atom is -0.381 e. The highest BCUT2D eigenvalue weighted by Crippen LogP contribution is 2.25. The van der Waals surface area contributed by atoms with Crippen LogP contribution in [0.15, 0.2) is 18.2 Å². The van der Waals surface area contributed by atoms with E-state index in [-0.39, 0.29) is 0 Å². The van der Waals surface area contributed by atoms with E-state index in [2.05, 4.69) is 29.4 Å². The van der Waals surface area contributed by atoms with Gasteiger partial charge < -0.3 is 15.0 Å². The lowest BCUT2D eigenvalue weighted by Crippen LogP contribution is -2.35. The number of aryl methyl sites for hydroxylation is 1. The summed E-state index contributed by atoms with van der Waals surface area (Å²) in [6.45, 7) is 4.92. The molecule has 0 aliphatic carbocycles. The van der Waals surface area contributed by atoms with Crippen LogP contribution in [0.3, 0.4) is 0 Å². The molecular formula is C16H21ClN2O. The van der Waals surface area contributed by atoms with Crippen molar-refractivity contribution in [1.82, 2.24) is 10.3 Å². The summed E-state index contributed by atoms with van der Waals surface area (Å²) in [6, 6.07) is 6.66. The van der Waals surface area contributed by atoms with Crippen molar-refractivity contribution in [3.8, 4) is 0 Å². The average molecular weight is 293 g/mol. The van der Waals surface area contributed by atoms with Crippen molar-refractivity contribution in [2.75, 3.05) is 19.8 Å². The van der Waals surface area contributed by atoms with Crippen molar-refractivity contribution >= 4 is 22.5 Å². The van der Waals surface area contributed by atoms with Crippen molar-refractivity contribution in [3.63, 3.8) is 0 Å². The minimum absolute atomic E-state index is 0.609. The van der Waals surface area contributed by atoms with E-state index in [1.165, 1.54) is 22.2 Å². The van der Waals surface area contributed by atoms with E-state index in [4.69, 9.17) is 16.3 Å². The van der Waals surface area contributed by atoms with Crippen LogP contribution in [0, 0.1) is 6.92 Å². The standard InChI is InChI=1S/C16H21ClN2O/c1-11-14(4-7-18-13-5-8-20-9-6-13)15-10-12(17)2-3-16(15)19-11/h2-3,10,13,18-19H,4-9H2,1H3. The largest absolute Gasteiger partial charge is 0.381 e. The van der Waals surface area contributed by atoms with Crippen LogP contribution in [0.25, 0.3) is 10.9 Å². The van der Waals surface area contributed by atoms with E-state index in [1.807, 2.05) is 6.07 Å². The molecule has 0 unspecified atom stereocenters. The first-order valence-electron chi connectivity index (χ1n) is 7.32. The molecule has 0 amide bonds. The number of aromatic nitrogens is 1. The second-order valence-corrected chi connectivity index (χ2v) is 5.95. The summed E-state index contributed by atoms with van der Waals surface area (Å²) in [5.74, 6) is 0. The first kappa shape index (κ1) is 13.9. The van der Waals surface area contributed by atoms with Crippen molar-refractivity contribution in [2.45, 2.75) is 32.2 Å². The molecule has 0 atom stereocenters. The SMILES string of the molecule is Cc1[nH]c2ccc(Cl)cc2c1CCNC1CCOCC1. The molecule has 1 aromatic carbocycles. The molecule has 20 heavy (non-hydrogen) atoms. The Hall–Kier alpha value is -1.03. The minimum atomic E-state index is 0.609. The lowest BCUT2D eigenvalue weighted by Gasteiger charge is -2.23. The van der Waals surface area contributed by atoms with Crippen molar-refractivity contribution in [3.05, 3.63) is 34.5 Å². The van der Waals surface area contributed by atoms with Crippen LogP contribution in [-0.2, 0) is 11.2 Å². The van der Waals surface area contributed by atoms with Gasteiger partial charge in [-0.2, -0.15) is 0 Å². The lowest BCUT2D eigenvalue weighted by molar-refractivity contribution is 0.0782. The molecule has 0 saturated carbocycles. The van der Waals surface area contributed by atoms with Gasteiger partial charge in [0.05, 0.1) is 0 Å². The maximum atomic E-state index is 6.11. The molecule has 2 heterocycles. The summed E-state index contributed by atoms with van der Waals surface area (Å²) in [7, 11) is 0. The third-order valence-corrected chi connectivity index (χ3v) is 4.35. The second-order valence-electron chi connectivity index (χ2n) is 5.51. The van der Waals surface area contributed by atoms with Gasteiger partial charge in [0, 0.05) is 40.9 Å². The Morgan fingerprint density at radius 2 is 2.15 bits per heavy atom. The topological polar surface area (TPSA) is 37.0 Å². The Morgan fingerprint density at radius 1 is 1.35 bits per heavy atom. The van der Waals surface area contributed by atoms with Gasteiger partial charge in [-0.15, -0.1) is 0 Å². The molecule has 0 bridgehead atoms. The average Bonchev–Trinajstić information content (AvgIpc) is 2.76. The zero-order chi connectivity index (χ0) is 13.9. The summed E-state index contributed by atoms with van der Waals surface area (Å²) in [4.78, 5) is 3.44. The van der Waals surface area contributed by atoms with Crippen molar-refractivity contribution < 1.29 is 4.74 Å². The van der Waals surface area contributed by atoms with E-state index in [0.717, 1.165) is 44.0 Å². The first-order valence-corrected chi connectivity index (χ1v) is 7.69. The van der Waals surface area contributed by atoms with Gasteiger partial charge in [0.1, 0.15) is 0 Å². The number of rotatable bonds is 4. The fourth-order valence-corrected chi connectivity index (χ4v) is 3.15. The fraction of sp³-hybridized carbons (Fsp3) is 0.500. The molecule has 2 N–H and O–H groups in total. The molecule has 1 saturated heterocycles. The zero-order valence-corrected chi connectivity index (χ0v) is 12.6. The maximum absolute atomic E-state index is 6.11. The number of ether oxygens (including phenoxy) is 1. The van der Waals surface area contributed by atoms with Crippen LogP contribution >= 0.6 is 11.6 Å². The zero-order valence-electron chi connectivity index (χ0n) is 11.8. The van der Waals surface area contributed by atoms with E-state index in [9.17, 15) is 0 Å². The van der Waals surface area contributed by atoms with Gasteiger partial charge >= 0.3 is 0 Å². The molecule has 2 aromatic rings. The summed E-state index contributed by atoms with van der Waals surface area (Å²) in [6.07, 6.45) is 3.28. The van der Waals surface area contributed by atoms with E-state index in [1.54, 1.807) is 0 Å². The number of aromatic amines is 1. The summed E-state index contributed by atoms with van der Waals surface area (Å²) in [5, 5.41) is 5.69. The van der Waals surface area contributed by atoms with Crippen LogP contribution in [0.4, 0.5) is 0 Å². The molecule has 1 aliphatic heterocycles. The predicted octanol–water partition coefficient (Wildman–Crippen LogP) is 3.44. The molecule has 1 aliphatic rings. The van der Waals surface area contributed by atoms with Gasteiger partial charge in [-0.1, -0.05) is 11.6 Å². The Bertz CT molecular complexity index is 587. The quantitative estimate of drug-likeness (QED) is 0.906. The fourth-order valence-electron chi connectivity index (χ4n) is 2.98. The third kappa shape index (κ3) is 3.00. The molecule has 108 valence electrons. The highest BCUT2D eigenvalue weighted by molar-refractivity contribution is 6.31. The van der Waals surface area contributed by atoms with E-state index < -0.39 is 0 Å². The summed E-state index contributed by atoms with van der Waals surface area (Å²) >= 11 is 6.11. The van der Waals surface area contributed by atoms with Gasteiger partial charge in [-0.3, -0.25) is 0 Å². The second kappa shape index (κ2) is 6.17. The van der Waals surface area contributed by atoms with Crippen LogP contribution < -0.4 is 5.32 Å². The number of fused-ring (bicyclic) bond motifs is 1. The van der Waals surface area contributed by atoms with E-state index in [0.29, 0.717) is 6.04 Å². The Kier molecular flexibility index (Phi) is 4.29. The summed E-state index contributed by atoms with van der Waals surface area (Å²) in [5.41, 5.74) is 3.80. The highest BCUT2D eigenvalue weighted by atomic mass is 35.5. The van der Waals surface area contributed by atoms with Gasteiger partial charge in [0.2, 0.25) is 0 Å². The van der Waals surface area contributed by atoms with E-state index >= 15 is 0 Å². The van der Waals surface area contributed by atoms with Crippen LogP contribution in [-0.4, -0.2) is 30.8 Å². The Balaban J connectivity index is 1.67. The highest BCUT2D eigenvalue weighted by Gasteiger charge is 2.14. The van der Waals surface area contributed by atoms with Crippen molar-refractivity contribution in [2.24, 2.45) is 0 Å². The number of nitrogens with one attached hydrogen (secondary N) is 2. The number of benzene rings is 1. The monoisotopic (exact) mass is 292 g/mol. The molecule has 3 nitrogen and oxygen atoms in total. The molecular weight excluding hydrogens is 272 g/mol. The van der Waals surface area contributed by atoms with Crippen LogP contribution in [0.1, 0.15) is 24.1 Å². The lowest BCUT2D eigenvalue weighted by atomic mass is 10.1. The van der Waals surface area contributed by atoms with Crippen LogP contribution in [0.2, 0.25) is 5.02 Å². The van der Waals surface area contributed by atoms with Gasteiger partial charge in [0.15, 0.2) is 0 Å². The molecule has 3 rings (SSSR count). The third-order valence-electron chi connectivity index (χ3n) is 4.11. The normalized spacial score (nSPS) is 16.9. The maximum Gasteiger partial charge on any atom is 0.0480 e. The van der Waals surface area contributed by atoms with Gasteiger partial charge in [-0.25, -0.2) is 0 Å². The Labute approximate surface area is 124 Å². The first-order chi connectivity index (χ1) is 9.74. The number of halogens is 1. The summed E-state index contributed by atoms with van der Waals surface area (Å²) < 4.78 is 5.38. The molecule has 4 heteroatoms. The van der Waals surface area contributed by atoms with Crippen molar-refractivity contribution in [1.29, 1.82) is 0 Å². The van der Waals surface area contributed by atoms with Crippen LogP contribution in [0.5, 0.6) is 0 Å². The smallest absolute Gasteiger partial charge is 0.0480 e. The number of hydrogen-bond acceptors (Lipinski definition) is 2. The molecule has 1 fully saturated rings. The molecule has 0 radical (unpaired) electrons. The Morgan fingerprint density at radius 3 is 2.95 bits per heavy atom. The predicted molar refractivity (Wildman–Crippen MR) is 83.6 cm³/mol. The van der Waals surface area contributed by atoms with Gasteiger partial charge in [0.25, 0.3) is 0 Å². The molecule has 1 aromatic heterocycles. The number of H-pyrrole nitrogens is 1. The number of hydrogen-bond donors (Lipinski definition) is 2. The van der Waals surface area contributed by atoms with Gasteiger partial charge in [-0.05, 0) is 56.5 Å². The molecule has 0 spiro atoms.